The second kappa shape index (κ2) is 7.90. The largest absolute Gasteiger partial charge is 0.504 e. The summed E-state index contributed by atoms with van der Waals surface area (Å²) in [6.07, 6.45) is -2.47. The molecule has 0 aromatic heterocycles. The molecule has 2 rings (SSSR count). The average molecular weight is 334 g/mol. The maximum atomic E-state index is 10.4. The number of phenols is 2. The van der Waals surface area contributed by atoms with Crippen molar-refractivity contribution < 1.29 is 29.9 Å². The molecule has 0 fully saturated rings. The first-order valence-electron chi connectivity index (χ1n) is 7.75. The molecule has 2 aromatic carbocycles. The fraction of sp³-hybridized carbons (Fsp3) is 0.333. The van der Waals surface area contributed by atoms with Crippen molar-refractivity contribution in [1.82, 2.24) is 0 Å². The molecule has 0 saturated heterocycles. The molecule has 0 bridgehead atoms. The molecule has 0 amide bonds. The van der Waals surface area contributed by atoms with Crippen molar-refractivity contribution >= 4 is 0 Å². The third kappa shape index (κ3) is 3.90. The van der Waals surface area contributed by atoms with Crippen LogP contribution in [0.5, 0.6) is 23.0 Å². The number of aliphatic hydroxyl groups excluding tert-OH is 2. The summed E-state index contributed by atoms with van der Waals surface area (Å²) in [6, 6.07) is 8.79. The van der Waals surface area contributed by atoms with Crippen molar-refractivity contribution in [2.75, 3.05) is 13.2 Å². The summed E-state index contributed by atoms with van der Waals surface area (Å²) in [5.41, 5.74) is 0.796. The molecule has 0 radical (unpaired) electrons. The summed E-state index contributed by atoms with van der Waals surface area (Å²) < 4.78 is 10.6. The van der Waals surface area contributed by atoms with Crippen molar-refractivity contribution in [3.05, 3.63) is 47.5 Å². The van der Waals surface area contributed by atoms with Crippen LogP contribution in [-0.4, -0.2) is 33.6 Å². The van der Waals surface area contributed by atoms with Gasteiger partial charge in [0, 0.05) is 0 Å². The van der Waals surface area contributed by atoms with Gasteiger partial charge in [0.15, 0.2) is 23.0 Å². The number of ether oxygens (including phenoxy) is 2. The second-order valence-corrected chi connectivity index (χ2v) is 5.21. The zero-order chi connectivity index (χ0) is 17.7. The minimum Gasteiger partial charge on any atom is -0.504 e. The zero-order valence-corrected chi connectivity index (χ0v) is 13.6. The number of hydrogen-bond donors (Lipinski definition) is 4. The van der Waals surface area contributed by atoms with Gasteiger partial charge < -0.3 is 29.9 Å². The first-order valence-corrected chi connectivity index (χ1v) is 7.75. The fourth-order valence-corrected chi connectivity index (χ4v) is 2.34. The van der Waals surface area contributed by atoms with E-state index in [2.05, 4.69) is 0 Å². The number of benzene rings is 2. The summed E-state index contributed by atoms with van der Waals surface area (Å²) >= 11 is 0. The maximum absolute atomic E-state index is 10.4. The van der Waals surface area contributed by atoms with Gasteiger partial charge >= 0.3 is 0 Å². The highest BCUT2D eigenvalue weighted by Gasteiger charge is 2.22. The van der Waals surface area contributed by atoms with Crippen LogP contribution >= 0.6 is 0 Å². The number of aromatic hydroxyl groups is 2. The first kappa shape index (κ1) is 17.9. The molecule has 0 aliphatic heterocycles. The van der Waals surface area contributed by atoms with Crippen LogP contribution in [0, 0.1) is 0 Å². The lowest BCUT2D eigenvalue weighted by Crippen LogP contribution is -2.11. The predicted octanol–water partition coefficient (Wildman–Crippen LogP) is 2.66. The Morgan fingerprint density at radius 3 is 1.46 bits per heavy atom. The van der Waals surface area contributed by atoms with Crippen LogP contribution < -0.4 is 9.47 Å². The van der Waals surface area contributed by atoms with Crippen LogP contribution in [0.15, 0.2) is 36.4 Å². The summed E-state index contributed by atoms with van der Waals surface area (Å²) in [5, 5.41) is 40.3. The van der Waals surface area contributed by atoms with Crippen molar-refractivity contribution in [2.45, 2.75) is 26.1 Å². The van der Waals surface area contributed by atoms with Gasteiger partial charge in [-0.3, -0.25) is 0 Å². The quantitative estimate of drug-likeness (QED) is 0.621. The van der Waals surface area contributed by atoms with Gasteiger partial charge in [-0.1, -0.05) is 12.1 Å². The Labute approximate surface area is 140 Å². The highest BCUT2D eigenvalue weighted by atomic mass is 16.5. The standard InChI is InChI=1S/C18H22O6/c1-3-23-15-9-11(5-7-13(15)19)17(21)18(22)12-6-8-14(20)16(10-12)24-4-2/h5-10,17-22H,3-4H2,1-2H3/t17-,18-/m1/s1. The molecule has 6 nitrogen and oxygen atoms in total. The highest BCUT2D eigenvalue weighted by Crippen LogP contribution is 2.37. The molecule has 0 heterocycles. The second-order valence-electron chi connectivity index (χ2n) is 5.21. The van der Waals surface area contributed by atoms with Gasteiger partial charge in [0.05, 0.1) is 13.2 Å². The molecule has 24 heavy (non-hydrogen) atoms. The lowest BCUT2D eigenvalue weighted by atomic mass is 9.97. The first-order chi connectivity index (χ1) is 11.5. The topological polar surface area (TPSA) is 99.4 Å². The lowest BCUT2D eigenvalue weighted by Gasteiger charge is -2.20. The van der Waals surface area contributed by atoms with E-state index >= 15 is 0 Å². The van der Waals surface area contributed by atoms with Crippen molar-refractivity contribution in [1.29, 1.82) is 0 Å². The normalized spacial score (nSPS) is 13.3. The Kier molecular flexibility index (Phi) is 5.89. The smallest absolute Gasteiger partial charge is 0.161 e. The van der Waals surface area contributed by atoms with Gasteiger partial charge in [0.2, 0.25) is 0 Å². The van der Waals surface area contributed by atoms with Crippen LogP contribution in [0.1, 0.15) is 37.2 Å². The minimum absolute atomic E-state index is 0.0365. The summed E-state index contributed by atoms with van der Waals surface area (Å²) in [5.74, 6) is 0.403. The van der Waals surface area contributed by atoms with Gasteiger partial charge in [-0.05, 0) is 49.2 Å². The van der Waals surface area contributed by atoms with Crippen LogP contribution in [0.4, 0.5) is 0 Å². The van der Waals surface area contributed by atoms with Gasteiger partial charge in [-0.25, -0.2) is 0 Å². The molecule has 6 heteroatoms. The Hall–Kier alpha value is -2.44. The molecule has 0 aliphatic rings. The van der Waals surface area contributed by atoms with Crippen LogP contribution in [-0.2, 0) is 0 Å². The zero-order valence-electron chi connectivity index (χ0n) is 13.6. The van der Waals surface area contributed by atoms with Crippen molar-refractivity contribution in [3.8, 4) is 23.0 Å². The average Bonchev–Trinajstić information content (AvgIpc) is 2.58. The number of rotatable bonds is 7. The summed E-state index contributed by atoms with van der Waals surface area (Å²) in [4.78, 5) is 0. The molecule has 0 spiro atoms. The molecular weight excluding hydrogens is 312 g/mol. The highest BCUT2D eigenvalue weighted by molar-refractivity contribution is 5.45. The molecule has 0 aliphatic carbocycles. The monoisotopic (exact) mass is 334 g/mol. The van der Waals surface area contributed by atoms with Gasteiger partial charge in [-0.15, -0.1) is 0 Å². The predicted molar refractivity (Wildman–Crippen MR) is 88.5 cm³/mol. The minimum atomic E-state index is -1.23. The van der Waals surface area contributed by atoms with Crippen molar-refractivity contribution in [3.63, 3.8) is 0 Å². The van der Waals surface area contributed by atoms with E-state index in [1.165, 1.54) is 36.4 Å². The third-order valence-electron chi connectivity index (χ3n) is 3.55. The van der Waals surface area contributed by atoms with Gasteiger partial charge in [0.25, 0.3) is 0 Å². The maximum Gasteiger partial charge on any atom is 0.161 e. The number of aliphatic hydroxyl groups is 2. The van der Waals surface area contributed by atoms with E-state index in [0.717, 1.165) is 0 Å². The molecular formula is C18H22O6. The van der Waals surface area contributed by atoms with Gasteiger partial charge in [-0.2, -0.15) is 0 Å². The van der Waals surface area contributed by atoms with E-state index < -0.39 is 12.2 Å². The summed E-state index contributed by atoms with van der Waals surface area (Å²) in [7, 11) is 0. The van der Waals surface area contributed by atoms with E-state index in [-0.39, 0.29) is 23.0 Å². The van der Waals surface area contributed by atoms with Crippen LogP contribution in [0.25, 0.3) is 0 Å². The molecule has 2 aromatic rings. The van der Waals surface area contributed by atoms with E-state index in [0.29, 0.717) is 24.3 Å². The van der Waals surface area contributed by atoms with E-state index in [9.17, 15) is 20.4 Å². The number of hydrogen-bond acceptors (Lipinski definition) is 6. The molecule has 2 atom stereocenters. The molecule has 4 N–H and O–H groups in total. The van der Waals surface area contributed by atoms with Crippen LogP contribution in [0.3, 0.4) is 0 Å². The number of phenolic OH excluding ortho intramolecular Hbond substituents is 2. The Morgan fingerprint density at radius 1 is 0.750 bits per heavy atom. The molecule has 130 valence electrons. The Balaban J connectivity index is 2.27. The third-order valence-corrected chi connectivity index (χ3v) is 3.55. The van der Waals surface area contributed by atoms with Gasteiger partial charge in [0.1, 0.15) is 12.2 Å². The van der Waals surface area contributed by atoms with E-state index in [4.69, 9.17) is 9.47 Å². The molecule has 0 saturated carbocycles. The Morgan fingerprint density at radius 2 is 1.12 bits per heavy atom. The Bertz CT molecular complexity index is 626. The van der Waals surface area contributed by atoms with Crippen LogP contribution in [0.2, 0.25) is 0 Å². The lowest BCUT2D eigenvalue weighted by molar-refractivity contribution is 0.0169. The van der Waals surface area contributed by atoms with Crippen molar-refractivity contribution in [2.24, 2.45) is 0 Å². The van der Waals surface area contributed by atoms with E-state index in [1.807, 2.05) is 0 Å². The fourth-order valence-electron chi connectivity index (χ4n) is 2.34. The SMILES string of the molecule is CCOc1cc([C@@H](O)[C@H](O)c2ccc(O)c(OCC)c2)ccc1O. The summed E-state index contributed by atoms with van der Waals surface area (Å²) in [6.45, 7) is 4.29. The molecule has 0 unspecified atom stereocenters. The van der Waals surface area contributed by atoms with E-state index in [1.54, 1.807) is 13.8 Å².